The molecule has 17 heavy (non-hydrogen) atoms. The number of halogens is 2. The lowest BCUT2D eigenvalue weighted by Crippen LogP contribution is -2.19. The van der Waals surface area contributed by atoms with Gasteiger partial charge in [-0.25, -0.2) is 0 Å². The second-order valence-electron chi connectivity index (χ2n) is 4.96. The molecule has 1 aromatic carbocycles. The number of hydrogen-bond donors (Lipinski definition) is 0. The Morgan fingerprint density at radius 3 is 2.59 bits per heavy atom. The summed E-state index contributed by atoms with van der Waals surface area (Å²) >= 11 is 4.52. The molecule has 1 atom stereocenters. The van der Waals surface area contributed by atoms with E-state index in [2.05, 4.69) is 63.7 Å². The van der Waals surface area contributed by atoms with Crippen molar-refractivity contribution in [3.05, 3.63) is 31.8 Å². The maximum Gasteiger partial charge on any atom is 0.138 e. The normalized spacial score (nSPS) is 14.2. The lowest BCUT2D eigenvalue weighted by atomic mass is 10.0. The molecule has 0 aromatic heterocycles. The molecule has 0 saturated carbocycles. The van der Waals surface area contributed by atoms with E-state index in [1.165, 1.54) is 0 Å². The minimum Gasteiger partial charge on any atom is -0.591 e. The smallest absolute Gasteiger partial charge is 0.138 e. The summed E-state index contributed by atoms with van der Waals surface area (Å²) in [6, 6.07) is 5.98. The molecule has 0 bridgehead atoms. The lowest BCUT2D eigenvalue weighted by Gasteiger charge is -2.16. The van der Waals surface area contributed by atoms with E-state index in [9.17, 15) is 4.55 Å². The summed E-state index contributed by atoms with van der Waals surface area (Å²) in [6.45, 7) is 6.17. The maximum atomic E-state index is 11.7. The van der Waals surface area contributed by atoms with Gasteiger partial charge >= 0.3 is 0 Å². The molecule has 0 amide bonds. The van der Waals surface area contributed by atoms with Gasteiger partial charge in [0.25, 0.3) is 0 Å². The summed E-state index contributed by atoms with van der Waals surface area (Å²) in [7, 11) is 0. The molecule has 5 heteroatoms. The van der Waals surface area contributed by atoms with Crippen LogP contribution in [0.1, 0.15) is 26.3 Å². The van der Waals surface area contributed by atoms with E-state index in [1.54, 1.807) is 6.21 Å². The van der Waals surface area contributed by atoms with Crippen LogP contribution in [0, 0.1) is 8.99 Å². The van der Waals surface area contributed by atoms with Crippen LogP contribution in [0.15, 0.2) is 27.1 Å². The van der Waals surface area contributed by atoms with Gasteiger partial charge < -0.3 is 4.55 Å². The Hall–Kier alpha value is 0.410. The fourth-order valence-electron chi connectivity index (χ4n) is 1.18. The van der Waals surface area contributed by atoms with Gasteiger partial charge in [-0.15, -0.1) is 0 Å². The van der Waals surface area contributed by atoms with Crippen molar-refractivity contribution in [2.45, 2.75) is 20.8 Å². The standard InChI is InChI=1S/C12H15BrINOS/c1-12(2,3)8-17(16)15-7-9-4-10(13)6-11(14)5-9/h4-7H,8H2,1-3H3/b15-7+. The average Bonchev–Trinajstić information content (AvgIpc) is 2.10. The Balaban J connectivity index is 2.70. The topological polar surface area (TPSA) is 35.4 Å². The highest BCUT2D eigenvalue weighted by atomic mass is 127. The first-order valence-electron chi connectivity index (χ1n) is 5.15. The first kappa shape index (κ1) is 15.5. The van der Waals surface area contributed by atoms with Gasteiger partial charge in [0.05, 0.1) is 17.6 Å². The molecule has 0 aliphatic heterocycles. The summed E-state index contributed by atoms with van der Waals surface area (Å²) in [5.41, 5.74) is 1.000. The monoisotopic (exact) mass is 427 g/mol. The van der Waals surface area contributed by atoms with Crippen LogP contribution in [-0.4, -0.2) is 16.5 Å². The first-order valence-corrected chi connectivity index (χ1v) is 8.30. The lowest BCUT2D eigenvalue weighted by molar-refractivity contribution is 0.462. The average molecular weight is 428 g/mol. The molecule has 0 aliphatic carbocycles. The van der Waals surface area contributed by atoms with E-state index in [0.29, 0.717) is 5.75 Å². The highest BCUT2D eigenvalue weighted by Gasteiger charge is 2.19. The fourth-order valence-corrected chi connectivity index (χ4v) is 3.87. The Morgan fingerprint density at radius 2 is 2.06 bits per heavy atom. The van der Waals surface area contributed by atoms with E-state index in [0.717, 1.165) is 13.6 Å². The summed E-state index contributed by atoms with van der Waals surface area (Å²) in [6.07, 6.45) is 1.68. The Labute approximate surface area is 128 Å². The van der Waals surface area contributed by atoms with Crippen molar-refractivity contribution < 1.29 is 4.55 Å². The molecule has 1 aromatic rings. The van der Waals surface area contributed by atoms with Gasteiger partial charge in [0.2, 0.25) is 0 Å². The Kier molecular flexibility index (Phi) is 5.95. The Morgan fingerprint density at radius 1 is 1.41 bits per heavy atom. The predicted molar refractivity (Wildman–Crippen MR) is 86.9 cm³/mol. The number of rotatable bonds is 3. The third kappa shape index (κ3) is 6.79. The third-order valence-electron chi connectivity index (χ3n) is 1.76. The summed E-state index contributed by atoms with van der Waals surface area (Å²) in [5.74, 6) is 0.578. The molecule has 2 nitrogen and oxygen atoms in total. The van der Waals surface area contributed by atoms with Crippen molar-refractivity contribution in [1.82, 2.24) is 0 Å². The van der Waals surface area contributed by atoms with Crippen molar-refractivity contribution >= 4 is 56.1 Å². The van der Waals surface area contributed by atoms with Crippen LogP contribution in [0.5, 0.6) is 0 Å². The van der Waals surface area contributed by atoms with Crippen molar-refractivity contribution in [2.24, 2.45) is 9.81 Å². The van der Waals surface area contributed by atoms with Gasteiger partial charge in [-0.2, -0.15) is 0 Å². The van der Waals surface area contributed by atoms with E-state index >= 15 is 0 Å². The zero-order valence-corrected chi connectivity index (χ0v) is 14.6. The molecule has 94 valence electrons. The zero-order valence-electron chi connectivity index (χ0n) is 10.0. The Bertz CT molecular complexity index is 397. The van der Waals surface area contributed by atoms with Gasteiger partial charge in [0.15, 0.2) is 0 Å². The van der Waals surface area contributed by atoms with Crippen LogP contribution in [0.4, 0.5) is 0 Å². The largest absolute Gasteiger partial charge is 0.591 e. The van der Waals surface area contributed by atoms with Crippen LogP contribution >= 0.6 is 38.5 Å². The minimum atomic E-state index is -1.15. The van der Waals surface area contributed by atoms with Gasteiger partial charge in [-0.1, -0.05) is 41.1 Å². The molecule has 0 aliphatic rings. The fraction of sp³-hybridized carbons (Fsp3) is 0.417. The van der Waals surface area contributed by atoms with Crippen molar-refractivity contribution in [3.8, 4) is 0 Å². The number of benzene rings is 1. The van der Waals surface area contributed by atoms with Gasteiger partial charge in [-0.05, 0) is 46.4 Å². The van der Waals surface area contributed by atoms with Crippen molar-refractivity contribution in [2.75, 3.05) is 5.75 Å². The quantitative estimate of drug-likeness (QED) is 0.404. The maximum absolute atomic E-state index is 11.7. The third-order valence-corrected chi connectivity index (χ3v) is 4.29. The van der Waals surface area contributed by atoms with Crippen LogP contribution in [0.3, 0.4) is 0 Å². The summed E-state index contributed by atoms with van der Waals surface area (Å²) < 4.78 is 17.9. The van der Waals surface area contributed by atoms with Crippen LogP contribution < -0.4 is 0 Å². The highest BCUT2D eigenvalue weighted by Crippen LogP contribution is 2.18. The van der Waals surface area contributed by atoms with Crippen LogP contribution in [0.25, 0.3) is 0 Å². The molecule has 0 spiro atoms. The second kappa shape index (κ2) is 6.54. The number of hydrogen-bond acceptors (Lipinski definition) is 2. The van der Waals surface area contributed by atoms with E-state index in [-0.39, 0.29) is 5.41 Å². The summed E-state index contributed by atoms with van der Waals surface area (Å²) in [5, 5.41) is 0. The molecular formula is C12H15BrINOS. The molecule has 0 N–H and O–H groups in total. The molecule has 1 unspecified atom stereocenters. The zero-order chi connectivity index (χ0) is 13.1. The van der Waals surface area contributed by atoms with Gasteiger partial charge in [-0.3, -0.25) is 0 Å². The predicted octanol–water partition coefficient (Wildman–Crippen LogP) is 4.18. The second-order valence-corrected chi connectivity index (χ2v) is 8.27. The number of nitrogens with zero attached hydrogens (tertiary/aromatic N) is 1. The van der Waals surface area contributed by atoms with E-state index < -0.39 is 11.4 Å². The SMILES string of the molecule is CC(C)(C)C[S+]([O-])/N=C/c1cc(Br)cc(I)c1. The molecule has 0 heterocycles. The van der Waals surface area contributed by atoms with E-state index in [1.807, 2.05) is 18.2 Å². The minimum absolute atomic E-state index is 0.0356. The first-order chi connectivity index (χ1) is 7.76. The molecular weight excluding hydrogens is 413 g/mol. The van der Waals surface area contributed by atoms with Crippen LogP contribution in [-0.2, 0) is 11.4 Å². The van der Waals surface area contributed by atoms with Gasteiger partial charge in [0, 0.05) is 13.5 Å². The van der Waals surface area contributed by atoms with Gasteiger partial charge in [0.1, 0.15) is 5.75 Å². The van der Waals surface area contributed by atoms with Crippen molar-refractivity contribution in [1.29, 1.82) is 0 Å². The van der Waals surface area contributed by atoms with E-state index in [4.69, 9.17) is 0 Å². The highest BCUT2D eigenvalue weighted by molar-refractivity contribution is 14.1. The summed E-state index contributed by atoms with van der Waals surface area (Å²) in [4.78, 5) is 0. The molecule has 1 rings (SSSR count). The van der Waals surface area contributed by atoms with Crippen molar-refractivity contribution in [3.63, 3.8) is 0 Å². The molecule has 0 saturated heterocycles. The molecule has 0 radical (unpaired) electrons. The van der Waals surface area contributed by atoms with Crippen LogP contribution in [0.2, 0.25) is 0 Å². The molecule has 0 fully saturated rings.